The standard InChI is InChI=1S/C26H36ClN7O/c1-5-34(6-2)20-9-11-33(12-10-20)17-19-7-8-21(26(35)32-30-15-18(3)4)22(13-19)25-23(27)16-29-24(14-28)31-25/h7-8,13,16,18,20,30H,5-6,9-12,15,17H2,1-4H3,(H,32,35). The number of nitrogens with one attached hydrogen (secondary N) is 2. The van der Waals surface area contributed by atoms with Crippen LogP contribution in [0.15, 0.2) is 24.4 Å². The summed E-state index contributed by atoms with van der Waals surface area (Å²) in [7, 11) is 0. The number of halogens is 1. The van der Waals surface area contributed by atoms with Crippen LogP contribution < -0.4 is 10.9 Å². The van der Waals surface area contributed by atoms with Gasteiger partial charge >= 0.3 is 0 Å². The Labute approximate surface area is 213 Å². The minimum absolute atomic E-state index is 0.0116. The quantitative estimate of drug-likeness (QED) is 0.481. The maximum absolute atomic E-state index is 13.0. The summed E-state index contributed by atoms with van der Waals surface area (Å²) in [5.74, 6) is 0.121. The van der Waals surface area contributed by atoms with Crippen LogP contribution in [0.4, 0.5) is 0 Å². The molecule has 0 bridgehead atoms. The summed E-state index contributed by atoms with van der Waals surface area (Å²) in [5, 5.41) is 9.59. The van der Waals surface area contributed by atoms with E-state index in [1.807, 2.05) is 24.3 Å². The van der Waals surface area contributed by atoms with Gasteiger partial charge < -0.3 is 4.90 Å². The molecule has 3 rings (SSSR count). The first-order valence-electron chi connectivity index (χ1n) is 12.4. The smallest absolute Gasteiger partial charge is 0.266 e. The van der Waals surface area contributed by atoms with Gasteiger partial charge in [0.1, 0.15) is 6.07 Å². The number of benzene rings is 1. The van der Waals surface area contributed by atoms with Gasteiger partial charge in [-0.2, -0.15) is 5.26 Å². The molecule has 188 valence electrons. The number of carbonyl (C=O) groups excluding carboxylic acids is 1. The lowest BCUT2D eigenvalue weighted by atomic mass is 9.98. The van der Waals surface area contributed by atoms with Crippen LogP contribution in [-0.4, -0.2) is 64.4 Å². The third kappa shape index (κ3) is 7.21. The van der Waals surface area contributed by atoms with E-state index in [2.05, 4.69) is 58.3 Å². The Morgan fingerprint density at radius 3 is 2.63 bits per heavy atom. The zero-order chi connectivity index (χ0) is 25.4. The second kappa shape index (κ2) is 12.9. The molecule has 35 heavy (non-hydrogen) atoms. The minimum Gasteiger partial charge on any atom is -0.301 e. The van der Waals surface area contributed by atoms with Gasteiger partial charge in [-0.1, -0.05) is 45.4 Å². The van der Waals surface area contributed by atoms with E-state index >= 15 is 0 Å². The number of aromatic nitrogens is 2. The summed E-state index contributed by atoms with van der Waals surface area (Å²) in [6, 6.07) is 8.36. The predicted octanol–water partition coefficient (Wildman–Crippen LogP) is 3.87. The van der Waals surface area contributed by atoms with Crippen molar-refractivity contribution in [1.29, 1.82) is 5.26 Å². The Kier molecular flexibility index (Phi) is 9.99. The molecule has 0 atom stereocenters. The maximum atomic E-state index is 13.0. The van der Waals surface area contributed by atoms with Crippen LogP contribution in [0.5, 0.6) is 0 Å². The highest BCUT2D eigenvalue weighted by Gasteiger charge is 2.24. The van der Waals surface area contributed by atoms with Crippen molar-refractivity contribution in [3.05, 3.63) is 46.4 Å². The molecule has 1 saturated heterocycles. The van der Waals surface area contributed by atoms with Crippen molar-refractivity contribution in [3.8, 4) is 17.3 Å². The molecule has 1 amide bonds. The fraction of sp³-hybridized carbons (Fsp3) is 0.538. The Morgan fingerprint density at radius 2 is 2.00 bits per heavy atom. The molecule has 2 N–H and O–H groups in total. The lowest BCUT2D eigenvalue weighted by Crippen LogP contribution is -2.44. The molecule has 0 aliphatic carbocycles. The minimum atomic E-state index is -0.277. The summed E-state index contributed by atoms with van der Waals surface area (Å²) in [4.78, 5) is 26.3. The van der Waals surface area contributed by atoms with Crippen molar-refractivity contribution < 1.29 is 4.79 Å². The molecular formula is C26H36ClN7O. The molecule has 2 heterocycles. The first kappa shape index (κ1) is 27.0. The van der Waals surface area contributed by atoms with Crippen LogP contribution in [0.1, 0.15) is 62.3 Å². The molecule has 9 heteroatoms. The van der Waals surface area contributed by atoms with Crippen LogP contribution in [0.25, 0.3) is 11.3 Å². The van der Waals surface area contributed by atoms with Crippen LogP contribution in [0.3, 0.4) is 0 Å². The Hall–Kier alpha value is -2.57. The SMILES string of the molecule is CCN(CC)C1CCN(Cc2ccc(C(=O)NNCC(C)C)c(-c3nc(C#N)ncc3Cl)c2)CC1. The average Bonchev–Trinajstić information content (AvgIpc) is 2.86. The van der Waals surface area contributed by atoms with Gasteiger partial charge in [0.05, 0.1) is 22.5 Å². The third-order valence-electron chi connectivity index (χ3n) is 6.43. The first-order valence-corrected chi connectivity index (χ1v) is 12.8. The van der Waals surface area contributed by atoms with Crippen molar-refractivity contribution in [2.24, 2.45) is 5.92 Å². The normalized spacial score (nSPS) is 14.9. The van der Waals surface area contributed by atoms with E-state index in [-0.39, 0.29) is 11.7 Å². The highest BCUT2D eigenvalue weighted by atomic mass is 35.5. The number of amides is 1. The first-order chi connectivity index (χ1) is 16.9. The monoisotopic (exact) mass is 497 g/mol. The second-order valence-electron chi connectivity index (χ2n) is 9.34. The molecule has 1 fully saturated rings. The molecule has 2 aromatic rings. The van der Waals surface area contributed by atoms with Gasteiger partial charge in [-0.3, -0.25) is 15.1 Å². The second-order valence-corrected chi connectivity index (χ2v) is 9.75. The van der Waals surface area contributed by atoms with Crippen molar-refractivity contribution >= 4 is 17.5 Å². The summed E-state index contributed by atoms with van der Waals surface area (Å²) in [6.07, 6.45) is 3.71. The molecule has 1 aliphatic rings. The van der Waals surface area contributed by atoms with E-state index in [1.54, 1.807) is 0 Å². The van der Waals surface area contributed by atoms with Gasteiger partial charge in [0.15, 0.2) is 0 Å². The van der Waals surface area contributed by atoms with Gasteiger partial charge in [-0.15, -0.1) is 0 Å². The molecule has 0 unspecified atom stereocenters. The largest absolute Gasteiger partial charge is 0.301 e. The fourth-order valence-electron chi connectivity index (χ4n) is 4.54. The third-order valence-corrected chi connectivity index (χ3v) is 6.71. The van der Waals surface area contributed by atoms with E-state index in [1.165, 1.54) is 6.20 Å². The lowest BCUT2D eigenvalue weighted by molar-refractivity contribution is 0.0932. The van der Waals surface area contributed by atoms with E-state index in [9.17, 15) is 10.1 Å². The molecule has 0 saturated carbocycles. The van der Waals surface area contributed by atoms with E-state index < -0.39 is 0 Å². The number of nitrogens with zero attached hydrogens (tertiary/aromatic N) is 5. The number of hydrogen-bond acceptors (Lipinski definition) is 7. The van der Waals surface area contributed by atoms with Gasteiger partial charge in [-0.25, -0.2) is 15.4 Å². The lowest BCUT2D eigenvalue weighted by Gasteiger charge is -2.37. The van der Waals surface area contributed by atoms with Gasteiger partial charge in [-0.05, 0) is 62.6 Å². The van der Waals surface area contributed by atoms with Crippen molar-refractivity contribution in [3.63, 3.8) is 0 Å². The molecular weight excluding hydrogens is 462 g/mol. The molecule has 1 aromatic carbocycles. The highest BCUT2D eigenvalue weighted by Crippen LogP contribution is 2.30. The van der Waals surface area contributed by atoms with E-state index in [4.69, 9.17) is 11.6 Å². The molecule has 0 radical (unpaired) electrons. The van der Waals surface area contributed by atoms with Crippen LogP contribution in [-0.2, 0) is 6.54 Å². The van der Waals surface area contributed by atoms with Gasteiger partial charge in [0, 0.05) is 24.7 Å². The number of hydrogen-bond donors (Lipinski definition) is 2. The maximum Gasteiger partial charge on any atom is 0.266 e. The Bertz CT molecular complexity index is 1040. The number of piperidine rings is 1. The summed E-state index contributed by atoms with van der Waals surface area (Å²) >= 11 is 6.43. The molecule has 0 spiro atoms. The van der Waals surface area contributed by atoms with E-state index in [0.29, 0.717) is 40.3 Å². The van der Waals surface area contributed by atoms with Crippen molar-refractivity contribution in [2.75, 3.05) is 32.7 Å². The van der Waals surface area contributed by atoms with Crippen LogP contribution in [0.2, 0.25) is 5.02 Å². The summed E-state index contributed by atoms with van der Waals surface area (Å²) in [6.45, 7) is 14.2. The molecule has 1 aliphatic heterocycles. The predicted molar refractivity (Wildman–Crippen MR) is 139 cm³/mol. The highest BCUT2D eigenvalue weighted by molar-refractivity contribution is 6.33. The van der Waals surface area contributed by atoms with Crippen LogP contribution in [0, 0.1) is 17.2 Å². The number of hydrazine groups is 1. The summed E-state index contributed by atoms with van der Waals surface area (Å²) < 4.78 is 0. The van der Waals surface area contributed by atoms with Gasteiger partial charge in [0.25, 0.3) is 5.91 Å². The Morgan fingerprint density at radius 1 is 1.29 bits per heavy atom. The molecule has 8 nitrogen and oxygen atoms in total. The zero-order valence-corrected chi connectivity index (χ0v) is 21.9. The van der Waals surface area contributed by atoms with Crippen molar-refractivity contribution in [1.82, 2.24) is 30.6 Å². The number of nitriles is 1. The number of likely N-dealkylation sites (tertiary alicyclic amines) is 1. The van der Waals surface area contributed by atoms with Crippen molar-refractivity contribution in [2.45, 2.75) is 53.1 Å². The van der Waals surface area contributed by atoms with Gasteiger partial charge in [0.2, 0.25) is 5.82 Å². The van der Waals surface area contributed by atoms with Crippen LogP contribution >= 0.6 is 11.6 Å². The number of rotatable bonds is 10. The summed E-state index contributed by atoms with van der Waals surface area (Å²) in [5.41, 5.74) is 8.22. The molecule has 1 aromatic heterocycles. The topological polar surface area (TPSA) is 97.2 Å². The zero-order valence-electron chi connectivity index (χ0n) is 21.1. The average molecular weight is 498 g/mol. The fourth-order valence-corrected chi connectivity index (χ4v) is 4.73. The van der Waals surface area contributed by atoms with E-state index in [0.717, 1.165) is 51.1 Å². The Balaban J connectivity index is 1.84. The number of carbonyl (C=O) groups is 1.